The second-order valence-corrected chi connectivity index (χ2v) is 13.9. The summed E-state index contributed by atoms with van der Waals surface area (Å²) in [6.45, 7) is 1.61. The molecular formula is C34H33ClF2N4O5S. The number of hydrogen-bond acceptors (Lipinski definition) is 8. The summed E-state index contributed by atoms with van der Waals surface area (Å²) >= 11 is 7.48. The number of fused-ring (bicyclic) bond motifs is 1. The average Bonchev–Trinajstić information content (AvgIpc) is 3.89. The smallest absolute Gasteiger partial charge is 0.251 e. The summed E-state index contributed by atoms with van der Waals surface area (Å²) < 4.78 is 42.3. The molecule has 2 amide bonds. The van der Waals surface area contributed by atoms with Crippen LogP contribution in [0, 0.1) is 17.6 Å². The molecule has 3 aliphatic rings. The molecule has 0 aliphatic heterocycles. The Morgan fingerprint density at radius 2 is 1.89 bits per heavy atom. The van der Waals surface area contributed by atoms with Crippen molar-refractivity contribution >= 4 is 45.0 Å². The van der Waals surface area contributed by atoms with Gasteiger partial charge in [0.1, 0.15) is 39.2 Å². The van der Waals surface area contributed by atoms with Crippen LogP contribution >= 0.6 is 22.9 Å². The monoisotopic (exact) mass is 682 g/mol. The largest absolute Gasteiger partial charge is 0.491 e. The Bertz CT molecular complexity index is 1910. The first kappa shape index (κ1) is 31.7. The summed E-state index contributed by atoms with van der Waals surface area (Å²) in [4.78, 5) is 35.3. The number of halogens is 3. The van der Waals surface area contributed by atoms with Crippen molar-refractivity contribution in [3.8, 4) is 22.8 Å². The van der Waals surface area contributed by atoms with Gasteiger partial charge in [-0.1, -0.05) is 11.6 Å². The number of benzene rings is 2. The quantitative estimate of drug-likeness (QED) is 0.144. The van der Waals surface area contributed by atoms with Crippen molar-refractivity contribution in [1.82, 2.24) is 15.3 Å². The molecule has 246 valence electrons. The number of rotatable bonds is 13. The first-order chi connectivity index (χ1) is 22.5. The molecule has 1 atom stereocenters. The Kier molecular flexibility index (Phi) is 8.30. The van der Waals surface area contributed by atoms with E-state index < -0.39 is 34.1 Å². The van der Waals surface area contributed by atoms with Crippen molar-refractivity contribution in [2.45, 2.75) is 69.5 Å². The Morgan fingerprint density at radius 3 is 2.55 bits per heavy atom. The van der Waals surface area contributed by atoms with Gasteiger partial charge in [0.2, 0.25) is 5.91 Å². The molecule has 2 heterocycles. The van der Waals surface area contributed by atoms with Crippen LogP contribution < -0.4 is 20.5 Å². The highest BCUT2D eigenvalue weighted by molar-refractivity contribution is 7.18. The van der Waals surface area contributed by atoms with Crippen LogP contribution in [0.25, 0.3) is 21.5 Å². The summed E-state index contributed by atoms with van der Waals surface area (Å²) in [5, 5.41) is 15.4. The second-order valence-electron chi connectivity index (χ2n) is 12.5. The molecule has 47 heavy (non-hydrogen) atoms. The van der Waals surface area contributed by atoms with Gasteiger partial charge in [-0.25, -0.2) is 18.7 Å². The fraction of sp³-hybridized carbons (Fsp3) is 0.412. The highest BCUT2D eigenvalue weighted by Gasteiger charge is 2.47. The third-order valence-electron chi connectivity index (χ3n) is 8.69. The number of nitrogens with zero attached hydrogens (tertiary/aromatic N) is 2. The van der Waals surface area contributed by atoms with E-state index in [0.29, 0.717) is 30.1 Å². The molecule has 3 fully saturated rings. The van der Waals surface area contributed by atoms with Gasteiger partial charge >= 0.3 is 0 Å². The Labute approximate surface area is 278 Å². The number of aromatic nitrogens is 2. The summed E-state index contributed by atoms with van der Waals surface area (Å²) in [7, 11) is 0. The van der Waals surface area contributed by atoms with Gasteiger partial charge in [0.25, 0.3) is 5.91 Å². The fourth-order valence-electron chi connectivity index (χ4n) is 5.75. The number of hydrogen-bond donors (Lipinski definition) is 3. The van der Waals surface area contributed by atoms with Crippen LogP contribution in [0.3, 0.4) is 0 Å². The summed E-state index contributed by atoms with van der Waals surface area (Å²) in [6, 6.07) is 7.16. The molecule has 0 unspecified atom stereocenters. The van der Waals surface area contributed by atoms with Gasteiger partial charge in [-0.15, -0.1) is 11.3 Å². The van der Waals surface area contributed by atoms with Gasteiger partial charge < -0.3 is 25.6 Å². The van der Waals surface area contributed by atoms with E-state index in [0.717, 1.165) is 47.0 Å². The minimum absolute atomic E-state index is 0.0606. The number of primary amides is 1. The molecule has 13 heteroatoms. The molecule has 2 aromatic heterocycles. The summed E-state index contributed by atoms with van der Waals surface area (Å²) in [5.41, 5.74) is 5.07. The Balaban J connectivity index is 1.25. The predicted octanol–water partition coefficient (Wildman–Crippen LogP) is 6.16. The van der Waals surface area contributed by atoms with E-state index in [2.05, 4.69) is 10.3 Å². The third kappa shape index (κ3) is 6.38. The van der Waals surface area contributed by atoms with Gasteiger partial charge in [0, 0.05) is 22.6 Å². The number of amides is 2. The van der Waals surface area contributed by atoms with E-state index in [1.54, 1.807) is 30.4 Å². The minimum Gasteiger partial charge on any atom is -0.491 e. The standard InChI is InChI=1S/C34H33ClF2N4O5S/c1-2-45-31-17(14-26(38)42)13-25(40-29(31)21-9-10-22(36)27(35)28(21)37)34(44,19-5-6-19)15-39-32(43)18-11-23(46-20-7-8-20)30-24(12-18)47-33(41-30)16-3-4-16/h9-13,16,19-20,44H,2-8,14-15H2,1H3,(H2,38,42)(H,39,43)/t34-/m1/s1. The maximum atomic E-state index is 15.4. The number of ether oxygens (including phenoxy) is 2. The maximum Gasteiger partial charge on any atom is 0.251 e. The lowest BCUT2D eigenvalue weighted by Crippen LogP contribution is -2.43. The van der Waals surface area contributed by atoms with Gasteiger partial charge in [-0.2, -0.15) is 0 Å². The molecule has 4 N–H and O–H groups in total. The molecular weight excluding hydrogens is 650 g/mol. The van der Waals surface area contributed by atoms with Crippen molar-refractivity contribution in [1.29, 1.82) is 0 Å². The van der Waals surface area contributed by atoms with Crippen molar-refractivity contribution in [2.75, 3.05) is 13.2 Å². The number of pyridine rings is 1. The highest BCUT2D eigenvalue weighted by Crippen LogP contribution is 2.48. The van der Waals surface area contributed by atoms with Crippen molar-refractivity contribution in [3.05, 3.63) is 68.8 Å². The van der Waals surface area contributed by atoms with E-state index in [1.165, 1.54) is 12.1 Å². The summed E-state index contributed by atoms with van der Waals surface area (Å²) in [5.74, 6) is -2.34. The average molecular weight is 683 g/mol. The summed E-state index contributed by atoms with van der Waals surface area (Å²) in [6.07, 6.45) is 5.22. The first-order valence-electron chi connectivity index (χ1n) is 15.8. The number of carbonyl (C=O) groups is 2. The SMILES string of the molecule is CCOc1c(CC(N)=O)cc([C@@](O)(CNC(=O)c2cc(OC3CC3)c3nc(C4CC4)sc3c2)C2CC2)nc1-c1ccc(F)c(Cl)c1F. The normalized spacial score (nSPS) is 17.4. The lowest BCUT2D eigenvalue weighted by molar-refractivity contribution is -0.117. The number of nitrogens with two attached hydrogens (primary N) is 1. The number of carbonyl (C=O) groups excluding carboxylic acids is 2. The molecule has 0 bridgehead atoms. The van der Waals surface area contributed by atoms with Crippen LogP contribution in [0.5, 0.6) is 11.5 Å². The van der Waals surface area contributed by atoms with Gasteiger partial charge in [-0.05, 0) is 81.7 Å². The topological polar surface area (TPSA) is 137 Å². The molecule has 7 rings (SSSR count). The number of thiazole rings is 1. The zero-order chi connectivity index (χ0) is 33.0. The van der Waals surface area contributed by atoms with E-state index in [1.807, 2.05) is 0 Å². The van der Waals surface area contributed by atoms with E-state index in [9.17, 15) is 19.1 Å². The lowest BCUT2D eigenvalue weighted by Gasteiger charge is -2.30. The molecule has 2 aromatic carbocycles. The molecule has 4 aromatic rings. The molecule has 9 nitrogen and oxygen atoms in total. The molecule has 3 aliphatic carbocycles. The zero-order valence-electron chi connectivity index (χ0n) is 25.6. The van der Waals surface area contributed by atoms with E-state index in [4.69, 9.17) is 31.8 Å². The molecule has 3 saturated carbocycles. The Hall–Kier alpha value is -3.87. The second kappa shape index (κ2) is 12.3. The zero-order valence-corrected chi connectivity index (χ0v) is 27.1. The lowest BCUT2D eigenvalue weighted by atomic mass is 9.90. The van der Waals surface area contributed by atoms with Crippen LogP contribution in [-0.4, -0.2) is 46.1 Å². The number of aliphatic hydroxyl groups is 1. The highest BCUT2D eigenvalue weighted by atomic mass is 35.5. The molecule has 0 spiro atoms. The maximum absolute atomic E-state index is 15.4. The third-order valence-corrected chi connectivity index (χ3v) is 10.2. The van der Waals surface area contributed by atoms with Crippen LogP contribution in [0.2, 0.25) is 5.02 Å². The van der Waals surface area contributed by atoms with Crippen molar-refractivity contribution in [2.24, 2.45) is 11.7 Å². The Morgan fingerprint density at radius 1 is 1.13 bits per heavy atom. The van der Waals surface area contributed by atoms with Gasteiger partial charge in [0.15, 0.2) is 5.82 Å². The first-order valence-corrected chi connectivity index (χ1v) is 17.0. The molecule has 0 saturated heterocycles. The van der Waals surface area contributed by atoms with Crippen LogP contribution in [0.1, 0.15) is 78.0 Å². The van der Waals surface area contributed by atoms with Gasteiger partial charge in [-0.3, -0.25) is 9.59 Å². The van der Waals surface area contributed by atoms with Gasteiger partial charge in [0.05, 0.1) is 41.1 Å². The van der Waals surface area contributed by atoms with Crippen LogP contribution in [0.4, 0.5) is 8.78 Å². The van der Waals surface area contributed by atoms with Crippen LogP contribution in [-0.2, 0) is 16.8 Å². The number of nitrogens with one attached hydrogen (secondary N) is 1. The van der Waals surface area contributed by atoms with Crippen molar-refractivity contribution in [3.63, 3.8) is 0 Å². The van der Waals surface area contributed by atoms with Crippen LogP contribution in [0.15, 0.2) is 30.3 Å². The molecule has 0 radical (unpaired) electrons. The minimum atomic E-state index is -1.71. The predicted molar refractivity (Wildman–Crippen MR) is 173 cm³/mol. The fourth-order valence-corrected chi connectivity index (χ4v) is 7.11. The van der Waals surface area contributed by atoms with E-state index in [-0.39, 0.29) is 59.9 Å². The van der Waals surface area contributed by atoms with Crippen molar-refractivity contribution < 1.29 is 33.0 Å². The van der Waals surface area contributed by atoms with E-state index >= 15 is 4.39 Å².